The zero-order valence-electron chi connectivity index (χ0n) is 8.36. The highest BCUT2D eigenvalue weighted by atomic mass is 14.3. The van der Waals surface area contributed by atoms with Crippen molar-refractivity contribution in [1.29, 1.82) is 0 Å². The minimum atomic E-state index is 1.41. The van der Waals surface area contributed by atoms with Gasteiger partial charge in [-0.3, -0.25) is 0 Å². The summed E-state index contributed by atoms with van der Waals surface area (Å²) < 4.78 is 0. The van der Waals surface area contributed by atoms with Crippen LogP contribution in [0.15, 0.2) is 22.3 Å². The molecule has 0 aromatic carbocycles. The molecule has 0 saturated carbocycles. The molecule has 3 aliphatic carbocycles. The van der Waals surface area contributed by atoms with Gasteiger partial charge in [0.05, 0.1) is 0 Å². The van der Waals surface area contributed by atoms with Crippen molar-refractivity contribution in [3.05, 3.63) is 22.3 Å². The van der Waals surface area contributed by atoms with E-state index in [1.54, 1.807) is 0 Å². The van der Waals surface area contributed by atoms with Gasteiger partial charge in [0.25, 0.3) is 0 Å². The summed E-state index contributed by atoms with van der Waals surface area (Å²) in [6, 6.07) is 0. The van der Waals surface area contributed by atoms with Crippen molar-refractivity contribution in [2.24, 2.45) is 0 Å². The van der Waals surface area contributed by atoms with E-state index < -0.39 is 0 Å². The summed E-state index contributed by atoms with van der Waals surface area (Å²) in [6.45, 7) is 0. The first-order chi connectivity index (χ1) is 6.47. The lowest BCUT2D eigenvalue weighted by Gasteiger charge is -2.34. The molecular formula is C13H18. The summed E-state index contributed by atoms with van der Waals surface area (Å²) >= 11 is 0. The third-order valence-corrected chi connectivity index (χ3v) is 3.91. The lowest BCUT2D eigenvalue weighted by atomic mass is 9.71. The number of fused-ring (bicyclic) bond motifs is 2. The van der Waals surface area contributed by atoms with Crippen molar-refractivity contribution >= 4 is 0 Å². The summed E-state index contributed by atoms with van der Waals surface area (Å²) in [5, 5.41) is 0. The Balaban J connectivity index is 1.87. The van der Waals surface area contributed by atoms with Crippen LogP contribution in [0, 0.1) is 0 Å². The van der Waals surface area contributed by atoms with Crippen LogP contribution in [0.2, 0.25) is 0 Å². The van der Waals surface area contributed by atoms with Gasteiger partial charge in [-0.05, 0) is 73.7 Å². The van der Waals surface area contributed by atoms with Crippen LogP contribution >= 0.6 is 0 Å². The van der Waals surface area contributed by atoms with E-state index >= 15 is 0 Å². The molecule has 0 aliphatic heterocycles. The summed E-state index contributed by atoms with van der Waals surface area (Å²) in [7, 11) is 0. The summed E-state index contributed by atoms with van der Waals surface area (Å²) in [4.78, 5) is 0. The molecule has 3 aliphatic rings. The molecule has 70 valence electrons. The van der Waals surface area contributed by atoms with Crippen LogP contribution in [-0.2, 0) is 0 Å². The Bertz CT molecular complexity index is 263. The largest absolute Gasteiger partial charge is 0.0527 e. The van der Waals surface area contributed by atoms with E-state index in [0.29, 0.717) is 0 Å². The minimum absolute atomic E-state index is 1.41. The number of hydrogen-bond acceptors (Lipinski definition) is 0. The summed E-state index contributed by atoms with van der Waals surface area (Å²) in [5.41, 5.74) is 7.24. The van der Waals surface area contributed by atoms with Crippen LogP contribution in [0.25, 0.3) is 0 Å². The van der Waals surface area contributed by atoms with Crippen LogP contribution in [0.5, 0.6) is 0 Å². The van der Waals surface area contributed by atoms with Crippen molar-refractivity contribution in [2.45, 2.75) is 57.8 Å². The Morgan fingerprint density at radius 3 is 1.08 bits per heavy atom. The predicted octanol–water partition coefficient (Wildman–Crippen LogP) is 4.13. The van der Waals surface area contributed by atoms with Crippen molar-refractivity contribution < 1.29 is 0 Å². The van der Waals surface area contributed by atoms with Gasteiger partial charge in [-0.2, -0.15) is 0 Å². The topological polar surface area (TPSA) is 0 Å². The maximum absolute atomic E-state index is 1.81. The first-order valence-electron chi connectivity index (χ1n) is 5.91. The first-order valence-corrected chi connectivity index (χ1v) is 5.91. The second-order valence-corrected chi connectivity index (χ2v) is 4.68. The average Bonchev–Trinajstić information content (AvgIpc) is 2.37. The second-order valence-electron chi connectivity index (χ2n) is 4.68. The maximum atomic E-state index is 1.81. The van der Waals surface area contributed by atoms with E-state index in [1.165, 1.54) is 57.8 Å². The maximum Gasteiger partial charge on any atom is -0.0273 e. The average molecular weight is 174 g/mol. The second kappa shape index (κ2) is 3.01. The normalized spacial score (nSPS) is 27.7. The Hall–Kier alpha value is -0.520. The zero-order valence-corrected chi connectivity index (χ0v) is 8.36. The highest BCUT2D eigenvalue weighted by molar-refractivity contribution is 5.60. The molecule has 0 aromatic rings. The van der Waals surface area contributed by atoms with Crippen molar-refractivity contribution in [1.82, 2.24) is 0 Å². The Labute approximate surface area is 80.7 Å². The van der Waals surface area contributed by atoms with E-state index in [-0.39, 0.29) is 0 Å². The third kappa shape index (κ3) is 1.11. The van der Waals surface area contributed by atoms with Gasteiger partial charge >= 0.3 is 0 Å². The number of hydrogen-bond donors (Lipinski definition) is 0. The van der Waals surface area contributed by atoms with Crippen molar-refractivity contribution in [3.63, 3.8) is 0 Å². The Kier molecular flexibility index (Phi) is 1.81. The first kappa shape index (κ1) is 7.84. The van der Waals surface area contributed by atoms with Gasteiger partial charge in [0.15, 0.2) is 0 Å². The summed E-state index contributed by atoms with van der Waals surface area (Å²) in [6.07, 6.45) is 12.9. The molecular weight excluding hydrogens is 156 g/mol. The lowest BCUT2D eigenvalue weighted by Crippen LogP contribution is -2.15. The highest BCUT2D eigenvalue weighted by Gasteiger charge is 2.30. The SMILES string of the molecule is C1CCC2=C(CC1)C1=C2CCCC1. The zero-order chi connectivity index (χ0) is 8.67. The molecule has 0 bridgehead atoms. The van der Waals surface area contributed by atoms with Gasteiger partial charge in [-0.1, -0.05) is 6.42 Å². The fraction of sp³-hybridized carbons (Fsp3) is 0.692. The molecule has 0 amide bonds. The van der Waals surface area contributed by atoms with Crippen LogP contribution < -0.4 is 0 Å². The highest BCUT2D eigenvalue weighted by Crippen LogP contribution is 2.49. The number of allylic oxidation sites excluding steroid dienone is 4. The van der Waals surface area contributed by atoms with Gasteiger partial charge in [-0.15, -0.1) is 0 Å². The molecule has 0 nitrogen and oxygen atoms in total. The molecule has 0 saturated heterocycles. The van der Waals surface area contributed by atoms with Gasteiger partial charge in [-0.25, -0.2) is 0 Å². The molecule has 13 heavy (non-hydrogen) atoms. The summed E-state index contributed by atoms with van der Waals surface area (Å²) in [5.74, 6) is 0. The van der Waals surface area contributed by atoms with Gasteiger partial charge in [0, 0.05) is 0 Å². The lowest BCUT2D eigenvalue weighted by molar-refractivity contribution is 0.647. The molecule has 0 heterocycles. The van der Waals surface area contributed by atoms with Gasteiger partial charge in [0.2, 0.25) is 0 Å². The quantitative estimate of drug-likeness (QED) is 0.518. The molecule has 0 heteroatoms. The van der Waals surface area contributed by atoms with E-state index in [4.69, 9.17) is 0 Å². The van der Waals surface area contributed by atoms with Crippen LogP contribution in [0.1, 0.15) is 57.8 Å². The van der Waals surface area contributed by atoms with Gasteiger partial charge < -0.3 is 0 Å². The molecule has 0 fully saturated rings. The van der Waals surface area contributed by atoms with Crippen molar-refractivity contribution in [2.75, 3.05) is 0 Å². The van der Waals surface area contributed by atoms with Crippen LogP contribution in [-0.4, -0.2) is 0 Å². The van der Waals surface area contributed by atoms with Gasteiger partial charge in [0.1, 0.15) is 0 Å². The molecule has 0 N–H and O–H groups in total. The van der Waals surface area contributed by atoms with Crippen LogP contribution in [0.4, 0.5) is 0 Å². The fourth-order valence-electron chi connectivity index (χ4n) is 3.26. The van der Waals surface area contributed by atoms with Crippen LogP contribution in [0.3, 0.4) is 0 Å². The molecule has 0 aromatic heterocycles. The van der Waals surface area contributed by atoms with E-state index in [9.17, 15) is 0 Å². The Morgan fingerprint density at radius 2 is 0.692 bits per heavy atom. The number of rotatable bonds is 0. The molecule has 0 spiro atoms. The van der Waals surface area contributed by atoms with E-state index in [1.807, 2.05) is 22.3 Å². The van der Waals surface area contributed by atoms with E-state index in [2.05, 4.69) is 0 Å². The predicted molar refractivity (Wildman–Crippen MR) is 55.6 cm³/mol. The molecule has 3 rings (SSSR count). The Morgan fingerprint density at radius 1 is 0.385 bits per heavy atom. The molecule has 0 atom stereocenters. The van der Waals surface area contributed by atoms with Crippen molar-refractivity contribution in [3.8, 4) is 0 Å². The fourth-order valence-corrected chi connectivity index (χ4v) is 3.26. The van der Waals surface area contributed by atoms with E-state index in [0.717, 1.165) is 0 Å². The molecule has 0 radical (unpaired) electrons. The third-order valence-electron chi connectivity index (χ3n) is 3.91. The monoisotopic (exact) mass is 174 g/mol. The standard InChI is InChI=1S/C13H18/c1-2-6-10-11(7-3-1)13-9-5-4-8-12(10)13/h1-9H2. The molecule has 0 unspecified atom stereocenters. The minimum Gasteiger partial charge on any atom is -0.0527 e. The smallest absolute Gasteiger partial charge is 0.0273 e.